The fourth-order valence-corrected chi connectivity index (χ4v) is 2.38. The SMILES string of the molecule is CC(CO)(C(=O)O)c1ccc(Br)s1. The Labute approximate surface area is 88.1 Å². The van der Waals surface area contributed by atoms with Gasteiger partial charge in [-0.3, -0.25) is 4.79 Å². The summed E-state index contributed by atoms with van der Waals surface area (Å²) in [6.45, 7) is 1.11. The first kappa shape index (κ1) is 10.7. The summed E-state index contributed by atoms with van der Waals surface area (Å²) < 4.78 is 0.864. The maximum Gasteiger partial charge on any atom is 0.317 e. The third kappa shape index (κ3) is 1.92. The van der Waals surface area contributed by atoms with Crippen molar-refractivity contribution < 1.29 is 15.0 Å². The van der Waals surface area contributed by atoms with Crippen molar-refractivity contribution in [3.05, 3.63) is 20.8 Å². The lowest BCUT2D eigenvalue weighted by atomic mass is 9.90. The second kappa shape index (κ2) is 3.77. The van der Waals surface area contributed by atoms with Crippen LogP contribution in [0, 0.1) is 0 Å². The largest absolute Gasteiger partial charge is 0.480 e. The van der Waals surface area contributed by atoms with Crippen LogP contribution in [-0.2, 0) is 10.2 Å². The van der Waals surface area contributed by atoms with Gasteiger partial charge in [0.2, 0.25) is 0 Å². The molecule has 0 amide bonds. The Bertz CT molecular complexity index is 323. The summed E-state index contributed by atoms with van der Waals surface area (Å²) in [6.07, 6.45) is 0. The predicted molar refractivity (Wildman–Crippen MR) is 54.1 cm³/mol. The minimum absolute atomic E-state index is 0.394. The minimum atomic E-state index is -1.18. The molecule has 1 unspecified atom stereocenters. The van der Waals surface area contributed by atoms with Gasteiger partial charge < -0.3 is 10.2 Å². The minimum Gasteiger partial charge on any atom is -0.480 e. The van der Waals surface area contributed by atoms with E-state index in [1.54, 1.807) is 12.1 Å². The van der Waals surface area contributed by atoms with Gasteiger partial charge >= 0.3 is 5.97 Å². The second-order valence-electron chi connectivity index (χ2n) is 2.90. The van der Waals surface area contributed by atoms with Crippen molar-refractivity contribution in [1.29, 1.82) is 0 Å². The molecule has 0 aliphatic carbocycles. The summed E-state index contributed by atoms with van der Waals surface area (Å²) in [7, 11) is 0. The molecule has 0 spiro atoms. The van der Waals surface area contributed by atoms with Gasteiger partial charge in [0.25, 0.3) is 0 Å². The predicted octanol–water partition coefficient (Wildman–Crippen LogP) is 1.85. The van der Waals surface area contributed by atoms with Crippen LogP contribution in [0.3, 0.4) is 0 Å². The van der Waals surface area contributed by atoms with Crippen molar-refractivity contribution in [3.8, 4) is 0 Å². The van der Waals surface area contributed by atoms with Crippen LogP contribution in [0.2, 0.25) is 0 Å². The molecule has 5 heteroatoms. The lowest BCUT2D eigenvalue weighted by molar-refractivity contribution is -0.144. The number of carbonyl (C=O) groups is 1. The highest BCUT2D eigenvalue weighted by molar-refractivity contribution is 9.11. The number of carboxylic acid groups (broad SMARTS) is 1. The highest BCUT2D eigenvalue weighted by atomic mass is 79.9. The van der Waals surface area contributed by atoms with E-state index in [1.807, 2.05) is 0 Å². The smallest absolute Gasteiger partial charge is 0.317 e. The highest BCUT2D eigenvalue weighted by Crippen LogP contribution is 2.32. The van der Waals surface area contributed by atoms with Crippen LogP contribution >= 0.6 is 27.3 Å². The number of halogens is 1. The molecule has 0 aliphatic rings. The summed E-state index contributed by atoms with van der Waals surface area (Å²) in [4.78, 5) is 11.5. The number of rotatable bonds is 3. The molecule has 0 aromatic carbocycles. The lowest BCUT2D eigenvalue weighted by Crippen LogP contribution is -2.35. The van der Waals surface area contributed by atoms with E-state index in [0.717, 1.165) is 3.79 Å². The maximum absolute atomic E-state index is 10.9. The molecule has 1 rings (SSSR count). The third-order valence-corrected chi connectivity index (χ3v) is 3.79. The van der Waals surface area contributed by atoms with E-state index >= 15 is 0 Å². The molecule has 2 N–H and O–H groups in total. The van der Waals surface area contributed by atoms with Gasteiger partial charge in [0.1, 0.15) is 5.41 Å². The van der Waals surface area contributed by atoms with Gasteiger partial charge in [-0.1, -0.05) is 0 Å². The van der Waals surface area contributed by atoms with E-state index in [2.05, 4.69) is 15.9 Å². The van der Waals surface area contributed by atoms with Crippen LogP contribution in [0.5, 0.6) is 0 Å². The molecule has 0 saturated heterocycles. The van der Waals surface area contributed by atoms with E-state index in [4.69, 9.17) is 10.2 Å². The number of aliphatic carboxylic acids is 1. The Hall–Kier alpha value is -0.390. The fourth-order valence-electron chi connectivity index (χ4n) is 0.862. The fraction of sp³-hybridized carbons (Fsp3) is 0.375. The van der Waals surface area contributed by atoms with Gasteiger partial charge in [-0.15, -0.1) is 11.3 Å². The van der Waals surface area contributed by atoms with Crippen molar-refractivity contribution in [2.45, 2.75) is 12.3 Å². The Morgan fingerprint density at radius 1 is 1.69 bits per heavy atom. The average Bonchev–Trinajstić information content (AvgIpc) is 2.50. The molecular formula is C8H9BrO3S. The van der Waals surface area contributed by atoms with E-state index < -0.39 is 18.0 Å². The Balaban J connectivity index is 3.09. The maximum atomic E-state index is 10.9. The molecule has 0 aliphatic heterocycles. The second-order valence-corrected chi connectivity index (χ2v) is 5.36. The molecule has 0 radical (unpaired) electrons. The van der Waals surface area contributed by atoms with E-state index in [0.29, 0.717) is 4.88 Å². The van der Waals surface area contributed by atoms with Crippen LogP contribution < -0.4 is 0 Å². The van der Waals surface area contributed by atoms with Crippen molar-refractivity contribution >= 4 is 33.2 Å². The molecule has 1 atom stereocenters. The molecule has 72 valence electrons. The lowest BCUT2D eigenvalue weighted by Gasteiger charge is -2.19. The van der Waals surface area contributed by atoms with Crippen LogP contribution in [0.4, 0.5) is 0 Å². The van der Waals surface area contributed by atoms with Crippen molar-refractivity contribution in [1.82, 2.24) is 0 Å². The standard InChI is InChI=1S/C8H9BrO3S/c1-8(4-10,7(11)12)5-2-3-6(9)13-5/h2-3,10H,4H2,1H3,(H,11,12). The monoisotopic (exact) mass is 264 g/mol. The zero-order chi connectivity index (χ0) is 10.1. The number of thiophene rings is 1. The molecule has 0 saturated carbocycles. The van der Waals surface area contributed by atoms with Gasteiger partial charge in [0, 0.05) is 4.88 Å². The molecule has 13 heavy (non-hydrogen) atoms. The van der Waals surface area contributed by atoms with Gasteiger partial charge in [0.05, 0.1) is 10.4 Å². The quantitative estimate of drug-likeness (QED) is 0.876. The first-order chi connectivity index (χ1) is 6.00. The van der Waals surface area contributed by atoms with E-state index in [9.17, 15) is 4.79 Å². The van der Waals surface area contributed by atoms with Crippen LogP contribution in [0.1, 0.15) is 11.8 Å². The summed E-state index contributed by atoms with van der Waals surface area (Å²) in [5, 5.41) is 18.0. The molecule has 0 bridgehead atoms. The van der Waals surface area contributed by atoms with Crippen LogP contribution in [0.25, 0.3) is 0 Å². The van der Waals surface area contributed by atoms with Crippen molar-refractivity contribution in [2.75, 3.05) is 6.61 Å². The van der Waals surface area contributed by atoms with Gasteiger partial charge in [-0.05, 0) is 35.0 Å². The Morgan fingerprint density at radius 2 is 2.31 bits per heavy atom. The number of aliphatic hydroxyl groups is 1. The first-order valence-corrected chi connectivity index (χ1v) is 5.21. The summed E-state index contributed by atoms with van der Waals surface area (Å²) in [5.74, 6) is -1.01. The number of hydrogen-bond donors (Lipinski definition) is 2. The van der Waals surface area contributed by atoms with Crippen molar-refractivity contribution in [3.63, 3.8) is 0 Å². The summed E-state index contributed by atoms with van der Waals surface area (Å²) in [6, 6.07) is 3.48. The number of aliphatic hydroxyl groups excluding tert-OH is 1. The van der Waals surface area contributed by atoms with Crippen LogP contribution in [0.15, 0.2) is 15.9 Å². The van der Waals surface area contributed by atoms with Gasteiger partial charge in [0.15, 0.2) is 0 Å². The molecule has 1 aromatic rings. The molecule has 1 aromatic heterocycles. The van der Waals surface area contributed by atoms with Gasteiger partial charge in [-0.2, -0.15) is 0 Å². The van der Waals surface area contributed by atoms with Gasteiger partial charge in [-0.25, -0.2) is 0 Å². The molecule has 3 nitrogen and oxygen atoms in total. The van der Waals surface area contributed by atoms with E-state index in [-0.39, 0.29) is 0 Å². The molecule has 0 fully saturated rings. The number of hydrogen-bond acceptors (Lipinski definition) is 3. The Morgan fingerprint density at radius 3 is 2.62 bits per heavy atom. The molecule has 1 heterocycles. The van der Waals surface area contributed by atoms with E-state index in [1.165, 1.54) is 18.3 Å². The number of carboxylic acids is 1. The zero-order valence-electron chi connectivity index (χ0n) is 6.95. The van der Waals surface area contributed by atoms with Crippen molar-refractivity contribution in [2.24, 2.45) is 0 Å². The van der Waals surface area contributed by atoms with Crippen LogP contribution in [-0.4, -0.2) is 22.8 Å². The zero-order valence-corrected chi connectivity index (χ0v) is 9.35. The topological polar surface area (TPSA) is 57.5 Å². The average molecular weight is 265 g/mol. The first-order valence-electron chi connectivity index (χ1n) is 3.61. The summed E-state index contributed by atoms with van der Waals surface area (Å²) in [5.41, 5.74) is -1.18. The third-order valence-electron chi connectivity index (χ3n) is 1.91. The summed E-state index contributed by atoms with van der Waals surface area (Å²) >= 11 is 4.57. The Kier molecular flexibility index (Phi) is 3.10. The normalized spacial score (nSPS) is 15.3. The molecular weight excluding hydrogens is 256 g/mol. The highest BCUT2D eigenvalue weighted by Gasteiger charge is 2.35.